The first-order valence-corrected chi connectivity index (χ1v) is 5.56. The molecular weight excluding hydrogens is 220 g/mol. The van der Waals surface area contributed by atoms with Crippen molar-refractivity contribution in [1.29, 1.82) is 0 Å². The van der Waals surface area contributed by atoms with Crippen LogP contribution < -0.4 is 0 Å². The molecular formula is C11H12N4S. The van der Waals surface area contributed by atoms with E-state index in [2.05, 4.69) is 26.9 Å². The zero-order chi connectivity index (χ0) is 11.4. The van der Waals surface area contributed by atoms with Crippen molar-refractivity contribution >= 4 is 12.2 Å². The van der Waals surface area contributed by atoms with Gasteiger partial charge < -0.3 is 4.98 Å². The van der Waals surface area contributed by atoms with Crippen LogP contribution in [0.3, 0.4) is 0 Å². The quantitative estimate of drug-likeness (QED) is 0.826. The molecule has 4 nitrogen and oxygen atoms in total. The van der Waals surface area contributed by atoms with Crippen LogP contribution in [0.25, 0.3) is 11.3 Å². The summed E-state index contributed by atoms with van der Waals surface area (Å²) in [5.74, 6) is 0.911. The van der Waals surface area contributed by atoms with Crippen molar-refractivity contribution in [2.75, 3.05) is 0 Å². The summed E-state index contributed by atoms with van der Waals surface area (Å²) in [5.41, 5.74) is 1.84. The van der Waals surface area contributed by atoms with Gasteiger partial charge in [0.05, 0.1) is 5.69 Å². The number of aromatic nitrogens is 4. The second kappa shape index (κ2) is 4.94. The Hall–Kier alpha value is -1.62. The molecule has 0 bridgehead atoms. The summed E-state index contributed by atoms with van der Waals surface area (Å²) in [6.45, 7) is 2.11. The molecule has 0 unspecified atom stereocenters. The van der Waals surface area contributed by atoms with Gasteiger partial charge in [0.2, 0.25) is 0 Å². The molecule has 2 aromatic heterocycles. The van der Waals surface area contributed by atoms with Crippen molar-refractivity contribution in [3.05, 3.63) is 35.3 Å². The van der Waals surface area contributed by atoms with Crippen molar-refractivity contribution in [2.24, 2.45) is 0 Å². The van der Waals surface area contributed by atoms with Crippen molar-refractivity contribution in [3.8, 4) is 11.3 Å². The van der Waals surface area contributed by atoms with Crippen LogP contribution in [0.15, 0.2) is 24.8 Å². The minimum atomic E-state index is 0.598. The lowest BCUT2D eigenvalue weighted by Gasteiger charge is -2.04. The molecule has 1 N–H and O–H groups in total. The van der Waals surface area contributed by atoms with E-state index in [1.165, 1.54) is 6.33 Å². The van der Waals surface area contributed by atoms with E-state index in [4.69, 9.17) is 12.2 Å². The van der Waals surface area contributed by atoms with Crippen LogP contribution in [-0.4, -0.2) is 19.9 Å². The van der Waals surface area contributed by atoms with E-state index in [9.17, 15) is 0 Å². The Bertz CT molecular complexity index is 521. The van der Waals surface area contributed by atoms with Crippen molar-refractivity contribution in [3.63, 3.8) is 0 Å². The number of hydrogen-bond acceptors (Lipinski definition) is 4. The van der Waals surface area contributed by atoms with Crippen LogP contribution >= 0.6 is 12.2 Å². The average Bonchev–Trinajstić information content (AvgIpc) is 2.30. The Kier molecular flexibility index (Phi) is 3.36. The van der Waals surface area contributed by atoms with Gasteiger partial charge in [-0.25, -0.2) is 15.0 Å². The molecule has 0 saturated heterocycles. The predicted octanol–water partition coefficient (Wildman–Crippen LogP) is 2.55. The molecule has 0 saturated carbocycles. The molecule has 0 aliphatic carbocycles. The molecule has 82 valence electrons. The normalized spacial score (nSPS) is 10.3. The van der Waals surface area contributed by atoms with E-state index >= 15 is 0 Å². The van der Waals surface area contributed by atoms with Crippen LogP contribution in [0, 0.1) is 4.64 Å². The number of H-pyrrole nitrogens is 1. The minimum Gasteiger partial charge on any atom is -0.343 e. The van der Waals surface area contributed by atoms with Gasteiger partial charge in [0.15, 0.2) is 0 Å². The minimum absolute atomic E-state index is 0.598. The zero-order valence-electron chi connectivity index (χ0n) is 8.97. The lowest BCUT2D eigenvalue weighted by Crippen LogP contribution is -1.97. The fourth-order valence-electron chi connectivity index (χ4n) is 1.46. The van der Waals surface area contributed by atoms with Gasteiger partial charge >= 0.3 is 0 Å². The summed E-state index contributed by atoms with van der Waals surface area (Å²) >= 11 is 5.13. The molecule has 2 heterocycles. The third-order valence-electron chi connectivity index (χ3n) is 2.15. The van der Waals surface area contributed by atoms with Crippen molar-refractivity contribution in [2.45, 2.75) is 19.8 Å². The van der Waals surface area contributed by atoms with E-state index < -0.39 is 0 Å². The molecule has 5 heteroatoms. The molecule has 16 heavy (non-hydrogen) atoms. The molecule has 0 aliphatic heterocycles. The second-order valence-electron chi connectivity index (χ2n) is 3.46. The smallest absolute Gasteiger partial charge is 0.130 e. The van der Waals surface area contributed by atoms with Gasteiger partial charge in [-0.15, -0.1) is 0 Å². The number of nitrogens with zero attached hydrogens (tertiary/aromatic N) is 3. The SMILES string of the molecule is CCCc1nc(=S)cc(-c2cncnc2)[nH]1. The van der Waals surface area contributed by atoms with Gasteiger partial charge in [-0.1, -0.05) is 19.1 Å². The highest BCUT2D eigenvalue weighted by atomic mass is 32.1. The standard InChI is InChI=1S/C11H12N4S/c1-2-3-10-14-9(4-11(16)15-10)8-5-12-7-13-6-8/h4-7H,2-3H2,1H3,(H,14,15,16). The van der Waals surface area contributed by atoms with E-state index in [1.807, 2.05) is 6.07 Å². The van der Waals surface area contributed by atoms with E-state index in [1.54, 1.807) is 12.4 Å². The lowest BCUT2D eigenvalue weighted by molar-refractivity contribution is 0.833. The van der Waals surface area contributed by atoms with E-state index in [0.29, 0.717) is 4.64 Å². The van der Waals surface area contributed by atoms with Gasteiger partial charge in [-0.3, -0.25) is 0 Å². The van der Waals surface area contributed by atoms with E-state index in [0.717, 1.165) is 29.9 Å². The summed E-state index contributed by atoms with van der Waals surface area (Å²) in [7, 11) is 0. The summed E-state index contributed by atoms with van der Waals surface area (Å²) in [5, 5.41) is 0. The van der Waals surface area contributed by atoms with Gasteiger partial charge in [0.25, 0.3) is 0 Å². The Morgan fingerprint density at radius 3 is 2.75 bits per heavy atom. The van der Waals surface area contributed by atoms with Crippen molar-refractivity contribution < 1.29 is 0 Å². The molecule has 2 rings (SSSR count). The number of hydrogen-bond donors (Lipinski definition) is 1. The Morgan fingerprint density at radius 2 is 2.06 bits per heavy atom. The summed E-state index contributed by atoms with van der Waals surface area (Å²) in [4.78, 5) is 15.5. The molecule has 0 radical (unpaired) electrons. The fourth-order valence-corrected chi connectivity index (χ4v) is 1.69. The molecule has 0 aliphatic rings. The van der Waals surface area contributed by atoms with Crippen LogP contribution in [0.4, 0.5) is 0 Å². The number of aryl methyl sites for hydroxylation is 1. The first kappa shape index (κ1) is 10.9. The highest BCUT2D eigenvalue weighted by Gasteiger charge is 2.01. The van der Waals surface area contributed by atoms with Crippen LogP contribution in [0.1, 0.15) is 19.2 Å². The van der Waals surface area contributed by atoms with Gasteiger partial charge in [0, 0.05) is 24.4 Å². The second-order valence-corrected chi connectivity index (χ2v) is 3.88. The maximum absolute atomic E-state index is 5.13. The first-order valence-electron chi connectivity index (χ1n) is 5.15. The molecule has 0 aromatic carbocycles. The number of nitrogens with one attached hydrogen (secondary N) is 1. The summed E-state index contributed by atoms with van der Waals surface area (Å²) in [6.07, 6.45) is 6.94. The molecule has 0 atom stereocenters. The zero-order valence-corrected chi connectivity index (χ0v) is 9.79. The van der Waals surface area contributed by atoms with Gasteiger partial charge in [-0.05, 0) is 12.5 Å². The highest BCUT2D eigenvalue weighted by Crippen LogP contribution is 2.14. The van der Waals surface area contributed by atoms with E-state index in [-0.39, 0.29) is 0 Å². The fraction of sp³-hybridized carbons (Fsp3) is 0.273. The largest absolute Gasteiger partial charge is 0.343 e. The first-order chi connectivity index (χ1) is 7.79. The molecule has 0 amide bonds. The van der Waals surface area contributed by atoms with Gasteiger partial charge in [-0.2, -0.15) is 0 Å². The molecule has 0 fully saturated rings. The summed E-state index contributed by atoms with van der Waals surface area (Å²) in [6, 6.07) is 1.83. The predicted molar refractivity (Wildman–Crippen MR) is 64.4 cm³/mol. The Balaban J connectivity index is 2.45. The molecule has 2 aromatic rings. The monoisotopic (exact) mass is 232 g/mol. The molecule has 0 spiro atoms. The van der Waals surface area contributed by atoms with Crippen LogP contribution in [-0.2, 0) is 6.42 Å². The van der Waals surface area contributed by atoms with Gasteiger partial charge in [0.1, 0.15) is 16.8 Å². The maximum Gasteiger partial charge on any atom is 0.130 e. The third-order valence-corrected chi connectivity index (χ3v) is 2.36. The Labute approximate surface area is 98.8 Å². The highest BCUT2D eigenvalue weighted by molar-refractivity contribution is 7.71. The van der Waals surface area contributed by atoms with Crippen molar-refractivity contribution in [1.82, 2.24) is 19.9 Å². The topological polar surface area (TPSA) is 54.5 Å². The lowest BCUT2D eigenvalue weighted by atomic mass is 10.2. The third kappa shape index (κ3) is 2.49. The Morgan fingerprint density at radius 1 is 1.31 bits per heavy atom. The maximum atomic E-state index is 5.13. The van der Waals surface area contributed by atoms with Crippen LogP contribution in [0.5, 0.6) is 0 Å². The average molecular weight is 232 g/mol. The van der Waals surface area contributed by atoms with Crippen LogP contribution in [0.2, 0.25) is 0 Å². The number of aromatic amines is 1. The number of rotatable bonds is 3. The summed E-state index contributed by atoms with van der Waals surface area (Å²) < 4.78 is 0.598.